The van der Waals surface area contributed by atoms with Crippen molar-refractivity contribution in [2.24, 2.45) is 10.9 Å². The van der Waals surface area contributed by atoms with E-state index in [1.807, 2.05) is 12.5 Å². The van der Waals surface area contributed by atoms with Crippen molar-refractivity contribution < 1.29 is 5.21 Å². The van der Waals surface area contributed by atoms with Crippen LogP contribution in [0.3, 0.4) is 0 Å². The fourth-order valence-corrected chi connectivity index (χ4v) is 2.54. The topological polar surface area (TPSA) is 79.7 Å². The first kappa shape index (κ1) is 12.9. The van der Waals surface area contributed by atoms with E-state index in [1.54, 1.807) is 6.20 Å². The van der Waals surface area contributed by atoms with E-state index in [0.717, 1.165) is 38.9 Å². The molecule has 1 aromatic rings. The second-order valence-corrected chi connectivity index (χ2v) is 4.73. The van der Waals surface area contributed by atoms with Crippen molar-refractivity contribution in [3.8, 4) is 0 Å². The smallest absolute Gasteiger partial charge is 0.156 e. The second-order valence-electron chi connectivity index (χ2n) is 4.73. The summed E-state index contributed by atoms with van der Waals surface area (Å²) in [4.78, 5) is 6.34. The molecule has 1 aromatic heterocycles. The zero-order valence-electron chi connectivity index (χ0n) is 10.6. The van der Waals surface area contributed by atoms with Gasteiger partial charge in [0.1, 0.15) is 0 Å². The molecule has 0 saturated carbocycles. The van der Waals surface area contributed by atoms with Gasteiger partial charge in [0.15, 0.2) is 5.84 Å². The summed E-state index contributed by atoms with van der Waals surface area (Å²) in [7, 11) is 0. The monoisotopic (exact) mass is 251 g/mol. The van der Waals surface area contributed by atoms with Crippen molar-refractivity contribution in [2.45, 2.75) is 38.3 Å². The Kier molecular flexibility index (Phi) is 4.58. The minimum absolute atomic E-state index is 0.103. The Hall–Kier alpha value is -1.56. The number of piperidine rings is 1. The van der Waals surface area contributed by atoms with Crippen LogP contribution in [0.5, 0.6) is 0 Å². The Bertz CT molecular complexity index is 376. The lowest BCUT2D eigenvalue weighted by Crippen LogP contribution is -2.48. The third kappa shape index (κ3) is 3.22. The van der Waals surface area contributed by atoms with E-state index in [4.69, 9.17) is 10.9 Å². The maximum absolute atomic E-state index is 8.80. The molecule has 6 heteroatoms. The molecule has 3 N–H and O–H groups in total. The number of hydrogen-bond acceptors (Lipinski definition) is 4. The molecule has 0 aromatic carbocycles. The Labute approximate surface area is 107 Å². The van der Waals surface area contributed by atoms with Crippen LogP contribution < -0.4 is 5.73 Å². The van der Waals surface area contributed by atoms with Crippen LogP contribution >= 0.6 is 0 Å². The molecule has 0 amide bonds. The van der Waals surface area contributed by atoms with E-state index >= 15 is 0 Å². The molecule has 100 valence electrons. The predicted molar refractivity (Wildman–Crippen MR) is 69.5 cm³/mol. The van der Waals surface area contributed by atoms with Crippen LogP contribution in [0, 0.1) is 0 Å². The van der Waals surface area contributed by atoms with E-state index in [2.05, 4.69) is 19.6 Å². The minimum Gasteiger partial charge on any atom is -0.409 e. The molecule has 1 atom stereocenters. The second kappa shape index (κ2) is 6.39. The Balaban J connectivity index is 1.82. The van der Waals surface area contributed by atoms with E-state index in [9.17, 15) is 0 Å². The Morgan fingerprint density at radius 1 is 1.44 bits per heavy atom. The normalized spacial score (nSPS) is 22.2. The highest BCUT2D eigenvalue weighted by Crippen LogP contribution is 2.17. The van der Waals surface area contributed by atoms with Crippen LogP contribution in [0.15, 0.2) is 23.9 Å². The van der Waals surface area contributed by atoms with Crippen molar-refractivity contribution in [1.82, 2.24) is 14.5 Å². The SMILES string of the molecule is NC(=NO)C1CCCCN1CCCn1ccnc1. The van der Waals surface area contributed by atoms with Crippen LogP contribution in [0.1, 0.15) is 25.7 Å². The predicted octanol–water partition coefficient (Wildman–Crippen LogP) is 0.874. The molecule has 0 radical (unpaired) electrons. The molecular weight excluding hydrogens is 230 g/mol. The Morgan fingerprint density at radius 3 is 3.06 bits per heavy atom. The summed E-state index contributed by atoms with van der Waals surface area (Å²) >= 11 is 0. The van der Waals surface area contributed by atoms with Gasteiger partial charge in [-0.2, -0.15) is 0 Å². The maximum Gasteiger partial charge on any atom is 0.156 e. The minimum atomic E-state index is 0.103. The number of nitrogens with zero attached hydrogens (tertiary/aromatic N) is 4. The number of rotatable bonds is 5. The molecule has 1 fully saturated rings. The first-order chi connectivity index (χ1) is 8.81. The fraction of sp³-hybridized carbons (Fsp3) is 0.667. The highest BCUT2D eigenvalue weighted by atomic mass is 16.4. The van der Waals surface area contributed by atoms with E-state index in [-0.39, 0.29) is 6.04 Å². The summed E-state index contributed by atoms with van der Waals surface area (Å²) in [5.74, 6) is 0.345. The van der Waals surface area contributed by atoms with Gasteiger partial charge in [-0.15, -0.1) is 0 Å². The first-order valence-electron chi connectivity index (χ1n) is 6.48. The fourth-order valence-electron chi connectivity index (χ4n) is 2.54. The zero-order valence-corrected chi connectivity index (χ0v) is 10.6. The van der Waals surface area contributed by atoms with Crippen LogP contribution in [0.2, 0.25) is 0 Å². The Morgan fingerprint density at radius 2 is 2.33 bits per heavy atom. The molecule has 1 saturated heterocycles. The highest BCUT2D eigenvalue weighted by Gasteiger charge is 2.25. The molecule has 18 heavy (non-hydrogen) atoms. The molecule has 1 unspecified atom stereocenters. The standard InChI is InChI=1S/C12H21N5O/c13-12(15-18)11-4-1-2-7-17(11)8-3-6-16-9-5-14-10-16/h5,9-11,18H,1-4,6-8H2,(H2,13,15). The van der Waals surface area contributed by atoms with Crippen LogP contribution in [-0.4, -0.2) is 44.6 Å². The van der Waals surface area contributed by atoms with Crippen molar-refractivity contribution in [3.63, 3.8) is 0 Å². The maximum atomic E-state index is 8.80. The van der Waals surface area contributed by atoms with E-state index < -0.39 is 0 Å². The third-order valence-corrected chi connectivity index (χ3v) is 3.49. The van der Waals surface area contributed by atoms with E-state index in [1.165, 1.54) is 6.42 Å². The molecule has 0 spiro atoms. The lowest BCUT2D eigenvalue weighted by Gasteiger charge is -2.34. The number of amidine groups is 1. The van der Waals surface area contributed by atoms with Gasteiger partial charge >= 0.3 is 0 Å². The van der Waals surface area contributed by atoms with Gasteiger partial charge in [-0.25, -0.2) is 4.98 Å². The van der Waals surface area contributed by atoms with Gasteiger partial charge in [-0.1, -0.05) is 11.6 Å². The summed E-state index contributed by atoms with van der Waals surface area (Å²) in [5, 5.41) is 12.0. The number of likely N-dealkylation sites (tertiary alicyclic amines) is 1. The van der Waals surface area contributed by atoms with Gasteiger partial charge in [0.25, 0.3) is 0 Å². The summed E-state index contributed by atoms with van der Waals surface area (Å²) in [6.45, 7) is 2.96. The molecule has 2 rings (SSSR count). The highest BCUT2D eigenvalue weighted by molar-refractivity contribution is 5.85. The number of aromatic nitrogens is 2. The van der Waals surface area contributed by atoms with Gasteiger partial charge < -0.3 is 15.5 Å². The number of aryl methyl sites for hydroxylation is 1. The number of imidazole rings is 1. The molecule has 1 aliphatic rings. The third-order valence-electron chi connectivity index (χ3n) is 3.49. The van der Waals surface area contributed by atoms with Gasteiger partial charge in [0.05, 0.1) is 12.4 Å². The van der Waals surface area contributed by atoms with Gasteiger partial charge in [0.2, 0.25) is 0 Å². The van der Waals surface area contributed by atoms with Crippen LogP contribution in [-0.2, 0) is 6.54 Å². The zero-order chi connectivity index (χ0) is 12.8. The summed E-state index contributed by atoms with van der Waals surface area (Å²) in [5.41, 5.74) is 5.75. The van der Waals surface area contributed by atoms with Gasteiger partial charge in [-0.05, 0) is 25.8 Å². The van der Waals surface area contributed by atoms with Crippen LogP contribution in [0.25, 0.3) is 0 Å². The average molecular weight is 251 g/mol. The molecule has 6 nitrogen and oxygen atoms in total. The number of oxime groups is 1. The van der Waals surface area contributed by atoms with Crippen molar-refractivity contribution in [1.29, 1.82) is 0 Å². The van der Waals surface area contributed by atoms with Crippen molar-refractivity contribution in [3.05, 3.63) is 18.7 Å². The van der Waals surface area contributed by atoms with Crippen LogP contribution in [0.4, 0.5) is 0 Å². The van der Waals surface area contributed by atoms with Crippen molar-refractivity contribution >= 4 is 5.84 Å². The molecule has 0 aliphatic carbocycles. The van der Waals surface area contributed by atoms with E-state index in [0.29, 0.717) is 5.84 Å². The lowest BCUT2D eigenvalue weighted by atomic mass is 10.0. The lowest BCUT2D eigenvalue weighted by molar-refractivity contribution is 0.181. The molecular formula is C12H21N5O. The molecule has 2 heterocycles. The first-order valence-corrected chi connectivity index (χ1v) is 6.48. The van der Waals surface area contributed by atoms with Gasteiger partial charge in [0, 0.05) is 25.5 Å². The molecule has 1 aliphatic heterocycles. The van der Waals surface area contributed by atoms with Gasteiger partial charge in [-0.3, -0.25) is 4.90 Å². The number of nitrogens with two attached hydrogens (primary N) is 1. The average Bonchev–Trinajstić information content (AvgIpc) is 2.92. The number of hydrogen-bond donors (Lipinski definition) is 2. The van der Waals surface area contributed by atoms with Crippen molar-refractivity contribution in [2.75, 3.05) is 13.1 Å². The quantitative estimate of drug-likeness (QED) is 0.352. The molecule has 0 bridgehead atoms. The summed E-state index contributed by atoms with van der Waals surface area (Å²) in [6.07, 6.45) is 9.97. The summed E-state index contributed by atoms with van der Waals surface area (Å²) < 4.78 is 2.07. The summed E-state index contributed by atoms with van der Waals surface area (Å²) in [6, 6.07) is 0.103. The largest absolute Gasteiger partial charge is 0.409 e.